The Morgan fingerprint density at radius 3 is 2.69 bits per heavy atom. The Morgan fingerprint density at radius 1 is 1.16 bits per heavy atom. The molecule has 4 aromatic rings. The second-order valence-electron chi connectivity index (χ2n) is 14.8. The van der Waals surface area contributed by atoms with Crippen LogP contribution in [0.3, 0.4) is 0 Å². The van der Waals surface area contributed by atoms with Crippen LogP contribution < -0.4 is 15.4 Å². The van der Waals surface area contributed by atoms with Gasteiger partial charge < -0.3 is 20.3 Å². The molecule has 4 saturated heterocycles. The SMILES string of the molecule is N#Cc1c(N)sc2c(F)ccc(-c3c(Cl)cc4c(N5CCC6(CN(C(=O)C7CC7(F)F)C6)C5)nc(OC[C@@]56CCCN5C[C@H](F)C6)nc4c3F)c12. The van der Waals surface area contributed by atoms with Crippen LogP contribution in [0.15, 0.2) is 18.2 Å². The van der Waals surface area contributed by atoms with E-state index in [1.165, 1.54) is 23.1 Å². The maximum absolute atomic E-state index is 17.0. The molecule has 5 aliphatic rings. The third-order valence-corrected chi connectivity index (χ3v) is 12.8. The first-order valence-corrected chi connectivity index (χ1v) is 18.1. The molecule has 2 aromatic heterocycles. The van der Waals surface area contributed by atoms with Crippen LogP contribution in [0.1, 0.15) is 37.7 Å². The summed E-state index contributed by atoms with van der Waals surface area (Å²) in [4.78, 5) is 27.4. The fourth-order valence-corrected chi connectivity index (χ4v) is 10.1. The van der Waals surface area contributed by atoms with E-state index in [1.54, 1.807) is 0 Å². The number of halogens is 6. The van der Waals surface area contributed by atoms with Crippen molar-refractivity contribution in [3.05, 3.63) is 40.4 Å². The number of hydrogen-bond donors (Lipinski definition) is 1. The number of thiophene rings is 1. The van der Waals surface area contributed by atoms with Gasteiger partial charge in [0.1, 0.15) is 46.9 Å². The first kappa shape index (κ1) is 32.9. The van der Waals surface area contributed by atoms with E-state index in [0.717, 1.165) is 30.7 Å². The number of amides is 1. The van der Waals surface area contributed by atoms with Gasteiger partial charge in [-0.15, -0.1) is 11.3 Å². The Bertz CT molecular complexity index is 2210. The van der Waals surface area contributed by atoms with Crippen molar-refractivity contribution in [3.63, 3.8) is 0 Å². The molecular weight excluding hydrogens is 713 g/mol. The summed E-state index contributed by atoms with van der Waals surface area (Å²) in [5, 5.41) is 10.4. The molecule has 266 valence electrons. The number of anilines is 2. The molecule has 0 radical (unpaired) electrons. The molecule has 1 spiro atoms. The van der Waals surface area contributed by atoms with Crippen LogP contribution in [-0.2, 0) is 4.79 Å². The number of alkyl halides is 3. The lowest BCUT2D eigenvalue weighted by molar-refractivity contribution is -0.146. The minimum atomic E-state index is -2.94. The second kappa shape index (κ2) is 11.2. The molecule has 2 aromatic carbocycles. The number of carbonyl (C=O) groups is 1. The first-order chi connectivity index (χ1) is 24.3. The highest BCUT2D eigenvalue weighted by Crippen LogP contribution is 2.52. The lowest BCUT2D eigenvalue weighted by atomic mass is 9.79. The highest BCUT2D eigenvalue weighted by molar-refractivity contribution is 7.23. The predicted molar refractivity (Wildman–Crippen MR) is 182 cm³/mol. The summed E-state index contributed by atoms with van der Waals surface area (Å²) in [6.07, 6.45) is 1.19. The zero-order valence-corrected chi connectivity index (χ0v) is 28.7. The lowest BCUT2D eigenvalue weighted by Crippen LogP contribution is -2.60. The fourth-order valence-electron chi connectivity index (χ4n) is 8.86. The quantitative estimate of drug-likeness (QED) is 0.222. The van der Waals surface area contributed by atoms with Crippen molar-refractivity contribution < 1.29 is 31.5 Å². The molecule has 5 fully saturated rings. The van der Waals surface area contributed by atoms with Crippen LogP contribution in [0.2, 0.25) is 5.02 Å². The number of nitrogens with zero attached hydrogens (tertiary/aromatic N) is 6. The normalized spacial score (nSPS) is 26.2. The zero-order chi connectivity index (χ0) is 35.6. The summed E-state index contributed by atoms with van der Waals surface area (Å²) in [5.41, 5.74) is 5.15. The maximum atomic E-state index is 17.0. The van der Waals surface area contributed by atoms with Gasteiger partial charge >= 0.3 is 6.01 Å². The van der Waals surface area contributed by atoms with Gasteiger partial charge in [0.25, 0.3) is 5.92 Å². The molecular formula is C35H31ClF5N7O2S. The minimum Gasteiger partial charge on any atom is -0.461 e. The van der Waals surface area contributed by atoms with E-state index in [9.17, 15) is 27.6 Å². The highest BCUT2D eigenvalue weighted by Gasteiger charge is 2.64. The van der Waals surface area contributed by atoms with Gasteiger partial charge in [-0.1, -0.05) is 17.7 Å². The minimum absolute atomic E-state index is 0.0105. The number of carbonyl (C=O) groups excluding carboxylic acids is 1. The molecule has 9 nitrogen and oxygen atoms in total. The van der Waals surface area contributed by atoms with E-state index in [0.29, 0.717) is 51.4 Å². The number of rotatable bonds is 6. The molecule has 2 N–H and O–H groups in total. The lowest BCUT2D eigenvalue weighted by Gasteiger charge is -2.48. The Hall–Kier alpha value is -4.00. The monoisotopic (exact) mass is 743 g/mol. The summed E-state index contributed by atoms with van der Waals surface area (Å²) in [7, 11) is 0. The van der Waals surface area contributed by atoms with Crippen LogP contribution in [0.25, 0.3) is 32.1 Å². The standard InChI is InChI=1S/C35H31ClF5N7O2S/c36-22-8-19-27(26(39)25(22)18-2-3-23(38)28-24(18)20(11-42)29(43)51-28)44-32(50-16-34-4-1-6-48(34)12-17(37)9-34)45-30(19)46-7-5-33(13-46)14-47(15-33)31(49)21-10-35(21,40)41/h2-3,8,17,21H,1,4-7,9-10,12-16,43H2/t17-,21?,34+/m1/s1. The average Bonchev–Trinajstić information content (AvgIpc) is 3.53. The van der Waals surface area contributed by atoms with Gasteiger partial charge in [-0.25, -0.2) is 22.0 Å². The summed E-state index contributed by atoms with van der Waals surface area (Å²) in [6, 6.07) is 5.94. The molecule has 6 heterocycles. The molecule has 9 rings (SSSR count). The van der Waals surface area contributed by atoms with E-state index in [4.69, 9.17) is 27.1 Å². The molecule has 1 saturated carbocycles. The number of benzene rings is 2. The third kappa shape index (κ3) is 5.03. The number of ether oxygens (including phenoxy) is 1. The molecule has 1 amide bonds. The second-order valence-corrected chi connectivity index (χ2v) is 16.2. The van der Waals surface area contributed by atoms with Crippen molar-refractivity contribution in [2.45, 2.75) is 49.7 Å². The van der Waals surface area contributed by atoms with Crippen LogP contribution in [0, 0.1) is 34.3 Å². The van der Waals surface area contributed by atoms with Crippen molar-refractivity contribution in [2.75, 3.05) is 56.5 Å². The molecule has 16 heteroatoms. The van der Waals surface area contributed by atoms with Crippen LogP contribution in [0.4, 0.5) is 32.8 Å². The van der Waals surface area contributed by atoms with Crippen molar-refractivity contribution in [1.82, 2.24) is 19.8 Å². The van der Waals surface area contributed by atoms with E-state index in [-0.39, 0.29) is 65.7 Å². The molecule has 51 heavy (non-hydrogen) atoms. The Morgan fingerprint density at radius 2 is 1.94 bits per heavy atom. The molecule has 1 unspecified atom stereocenters. The number of aromatic nitrogens is 2. The van der Waals surface area contributed by atoms with Crippen molar-refractivity contribution in [2.24, 2.45) is 11.3 Å². The van der Waals surface area contributed by atoms with E-state index < -0.39 is 47.5 Å². The third-order valence-electron chi connectivity index (χ3n) is 11.5. The summed E-state index contributed by atoms with van der Waals surface area (Å²) >= 11 is 7.72. The van der Waals surface area contributed by atoms with Gasteiger partial charge in [0.2, 0.25) is 5.91 Å². The number of nitrogen functional groups attached to an aromatic ring is 1. The van der Waals surface area contributed by atoms with E-state index in [1.807, 2.05) is 11.0 Å². The number of fused-ring (bicyclic) bond motifs is 3. The van der Waals surface area contributed by atoms with Crippen LogP contribution in [-0.4, -0.2) is 89.2 Å². The fraction of sp³-hybridized carbons (Fsp3) is 0.486. The van der Waals surface area contributed by atoms with Crippen molar-refractivity contribution in [1.29, 1.82) is 5.26 Å². The Labute approximate surface area is 297 Å². The largest absolute Gasteiger partial charge is 0.461 e. The molecule has 3 atom stereocenters. The smallest absolute Gasteiger partial charge is 0.319 e. The van der Waals surface area contributed by atoms with Gasteiger partial charge in [0.05, 0.1) is 20.8 Å². The van der Waals surface area contributed by atoms with E-state index in [2.05, 4.69) is 9.88 Å². The van der Waals surface area contributed by atoms with E-state index >= 15 is 4.39 Å². The van der Waals surface area contributed by atoms with Crippen LogP contribution in [0.5, 0.6) is 6.01 Å². The molecule has 4 aliphatic heterocycles. The van der Waals surface area contributed by atoms with Crippen molar-refractivity contribution >= 4 is 60.7 Å². The number of hydrogen-bond acceptors (Lipinski definition) is 9. The summed E-state index contributed by atoms with van der Waals surface area (Å²) < 4.78 is 80.0. The molecule has 0 bridgehead atoms. The summed E-state index contributed by atoms with van der Waals surface area (Å²) in [5.74, 6) is -5.83. The van der Waals surface area contributed by atoms with Crippen LogP contribution >= 0.6 is 22.9 Å². The molecule has 1 aliphatic carbocycles. The number of nitriles is 1. The maximum Gasteiger partial charge on any atom is 0.319 e. The van der Waals surface area contributed by atoms with Gasteiger partial charge in [-0.2, -0.15) is 15.2 Å². The van der Waals surface area contributed by atoms with Gasteiger partial charge in [0.15, 0.2) is 5.82 Å². The summed E-state index contributed by atoms with van der Waals surface area (Å²) in [6.45, 7) is 2.73. The van der Waals surface area contributed by atoms with Gasteiger partial charge in [-0.05, 0) is 43.5 Å². The first-order valence-electron chi connectivity index (χ1n) is 16.9. The highest BCUT2D eigenvalue weighted by atomic mass is 35.5. The Kier molecular flexibility index (Phi) is 7.25. The van der Waals surface area contributed by atoms with Gasteiger partial charge in [0, 0.05) is 67.3 Å². The predicted octanol–water partition coefficient (Wildman–Crippen LogP) is 6.55. The average molecular weight is 744 g/mol. The Balaban J connectivity index is 1.12. The zero-order valence-electron chi connectivity index (χ0n) is 27.1. The number of nitrogens with two attached hydrogens (primary N) is 1. The van der Waals surface area contributed by atoms with Gasteiger partial charge in [-0.3, -0.25) is 9.69 Å². The topological polar surface area (TPSA) is 112 Å². The van der Waals surface area contributed by atoms with Crippen molar-refractivity contribution in [3.8, 4) is 23.2 Å². The number of likely N-dealkylation sites (tertiary alicyclic amines) is 1.